The first-order valence-corrected chi connectivity index (χ1v) is 15.6. The van der Waals surface area contributed by atoms with E-state index < -0.39 is 5.41 Å². The van der Waals surface area contributed by atoms with Crippen molar-refractivity contribution in [1.29, 1.82) is 0 Å². The molecule has 0 aliphatic rings. The molecule has 1 unspecified atom stereocenters. The van der Waals surface area contributed by atoms with Gasteiger partial charge in [0.15, 0.2) is 11.4 Å². The zero-order valence-electron chi connectivity index (χ0n) is 29.3. The number of rotatable bonds is 7. The van der Waals surface area contributed by atoms with Crippen LogP contribution in [0.25, 0.3) is 21.0 Å². The van der Waals surface area contributed by atoms with Crippen molar-refractivity contribution in [2.45, 2.75) is 98.3 Å². The Bertz CT molecular complexity index is 2350. The van der Waals surface area contributed by atoms with Crippen LogP contribution in [0.5, 0.6) is 0 Å². The van der Waals surface area contributed by atoms with Gasteiger partial charge in [-0.2, -0.15) is 19.5 Å². The standard InChI is InChI=1S/C31H38N18/c1-14(17-18(32-12)25(40-36-17)41-37-20-22(29(4,5)6)46-48-27(20)34-15(2)44-48)31(10,11)24-19(33-13)26(43-39-24)42-38-21-23(30(7,8)9)47-49-28(21)35-16(3)45-49/h14,46-47H,1-11H3,(H,36,40)(H,39,43). The van der Waals surface area contributed by atoms with Crippen molar-refractivity contribution in [2.24, 2.45) is 20.5 Å². The Kier molecular flexibility index (Phi) is 7.58. The number of aromatic amines is 4. The van der Waals surface area contributed by atoms with Crippen LogP contribution in [0.2, 0.25) is 0 Å². The molecule has 252 valence electrons. The second kappa shape index (κ2) is 11.3. The minimum Gasteiger partial charge on any atom is -0.292 e. The number of hydrogen-bond donors (Lipinski definition) is 4. The van der Waals surface area contributed by atoms with E-state index in [1.54, 1.807) is 23.1 Å². The molecule has 0 aliphatic carbocycles. The summed E-state index contributed by atoms with van der Waals surface area (Å²) in [6.07, 6.45) is 0. The highest BCUT2D eigenvalue weighted by Crippen LogP contribution is 2.48. The van der Waals surface area contributed by atoms with Crippen molar-refractivity contribution in [3.63, 3.8) is 0 Å². The number of nitrogens with zero attached hydrogens (tertiary/aromatic N) is 14. The summed E-state index contributed by atoms with van der Waals surface area (Å²) in [5.41, 5.74) is 3.90. The number of hydrogen-bond acceptors (Lipinski definition) is 10. The molecule has 6 aromatic rings. The number of nitrogens with one attached hydrogen (secondary N) is 4. The number of aryl methyl sites for hydroxylation is 2. The molecule has 0 saturated carbocycles. The van der Waals surface area contributed by atoms with Crippen molar-refractivity contribution in [2.75, 3.05) is 0 Å². The molecule has 6 rings (SSSR count). The summed E-state index contributed by atoms with van der Waals surface area (Å²) in [5.74, 6) is 1.11. The van der Waals surface area contributed by atoms with E-state index >= 15 is 0 Å². The highest BCUT2D eigenvalue weighted by molar-refractivity contribution is 5.72. The first kappa shape index (κ1) is 32.9. The van der Waals surface area contributed by atoms with Crippen molar-refractivity contribution >= 4 is 45.7 Å². The third-order valence-corrected chi connectivity index (χ3v) is 8.60. The Balaban J connectivity index is 1.34. The van der Waals surface area contributed by atoms with Gasteiger partial charge in [0, 0.05) is 21.9 Å². The zero-order chi connectivity index (χ0) is 35.6. The van der Waals surface area contributed by atoms with E-state index in [2.05, 4.69) is 80.9 Å². The molecule has 6 heterocycles. The maximum Gasteiger partial charge on any atom is 0.255 e. The highest BCUT2D eigenvalue weighted by Gasteiger charge is 2.37. The minimum absolute atomic E-state index is 0.140. The third kappa shape index (κ3) is 5.54. The summed E-state index contributed by atoms with van der Waals surface area (Å²) >= 11 is 0. The van der Waals surface area contributed by atoms with Crippen LogP contribution in [-0.4, -0.2) is 60.0 Å². The summed E-state index contributed by atoms with van der Waals surface area (Å²) in [4.78, 5) is 16.6. The van der Waals surface area contributed by atoms with E-state index in [1.165, 1.54) is 0 Å². The van der Waals surface area contributed by atoms with Crippen LogP contribution < -0.4 is 0 Å². The van der Waals surface area contributed by atoms with Crippen molar-refractivity contribution < 1.29 is 0 Å². The van der Waals surface area contributed by atoms with Gasteiger partial charge < -0.3 is 0 Å². The maximum absolute atomic E-state index is 8.04. The van der Waals surface area contributed by atoms with Crippen LogP contribution >= 0.6 is 0 Å². The van der Waals surface area contributed by atoms with Crippen LogP contribution in [0.3, 0.4) is 0 Å². The number of H-pyrrole nitrogens is 4. The predicted molar refractivity (Wildman–Crippen MR) is 181 cm³/mol. The van der Waals surface area contributed by atoms with E-state index in [-0.39, 0.29) is 39.8 Å². The summed E-state index contributed by atoms with van der Waals surface area (Å²) in [7, 11) is 0. The van der Waals surface area contributed by atoms with Crippen LogP contribution in [0.4, 0.5) is 34.4 Å². The van der Waals surface area contributed by atoms with Gasteiger partial charge in [-0.05, 0) is 19.8 Å². The molecule has 6 aromatic heterocycles. The first-order chi connectivity index (χ1) is 22.9. The fourth-order valence-electron chi connectivity index (χ4n) is 5.61. The SMILES string of the molecule is [C-]#[N+]c1c(N=Nc2c(C(C)(C)C)[nH]n3nc(C)nc23)n[nH]c1C(C)C(C)(C)c1[nH]nc(N=Nc2c(C(C)(C)C)[nH]n3nc(C)nc23)c1[N+]#[C-]. The smallest absolute Gasteiger partial charge is 0.255 e. The van der Waals surface area contributed by atoms with Gasteiger partial charge in [0.2, 0.25) is 22.9 Å². The number of fused-ring (bicyclic) bond motifs is 2. The largest absolute Gasteiger partial charge is 0.292 e. The van der Waals surface area contributed by atoms with Gasteiger partial charge in [0.25, 0.3) is 11.4 Å². The fraction of sp³-hybridized carbons (Fsp3) is 0.484. The lowest BCUT2D eigenvalue weighted by Gasteiger charge is -2.31. The predicted octanol–water partition coefficient (Wildman–Crippen LogP) is 8.10. The minimum atomic E-state index is -0.742. The van der Waals surface area contributed by atoms with E-state index in [0.717, 1.165) is 11.4 Å². The van der Waals surface area contributed by atoms with Gasteiger partial charge >= 0.3 is 0 Å². The zero-order valence-corrected chi connectivity index (χ0v) is 29.3. The summed E-state index contributed by atoms with van der Waals surface area (Å²) in [5, 5.41) is 47.9. The van der Waals surface area contributed by atoms with Crippen LogP contribution in [0.1, 0.15) is 103 Å². The van der Waals surface area contributed by atoms with Gasteiger partial charge in [-0.25, -0.2) is 19.7 Å². The van der Waals surface area contributed by atoms with E-state index in [9.17, 15) is 0 Å². The second-order valence-corrected chi connectivity index (χ2v) is 14.6. The van der Waals surface area contributed by atoms with Crippen molar-refractivity contribution in [3.05, 3.63) is 57.3 Å². The molecular formula is C31H38N18. The average molecular weight is 663 g/mol. The quantitative estimate of drug-likeness (QED) is 0.0979. The average Bonchev–Trinajstić information content (AvgIpc) is 3.84. The Labute approximate surface area is 281 Å². The topological polar surface area (TPSA) is 207 Å². The molecule has 1 atom stereocenters. The lowest BCUT2D eigenvalue weighted by Crippen LogP contribution is -2.26. The van der Waals surface area contributed by atoms with Gasteiger partial charge in [0.1, 0.15) is 11.6 Å². The molecule has 0 spiro atoms. The number of azo groups is 2. The van der Waals surface area contributed by atoms with Gasteiger partial charge in [-0.3, -0.25) is 20.4 Å². The van der Waals surface area contributed by atoms with E-state index in [1.807, 2.05) is 62.3 Å². The van der Waals surface area contributed by atoms with Crippen LogP contribution in [-0.2, 0) is 16.2 Å². The molecule has 4 N–H and O–H groups in total. The first-order valence-electron chi connectivity index (χ1n) is 15.6. The molecule has 0 aliphatic heterocycles. The van der Waals surface area contributed by atoms with E-state index in [0.29, 0.717) is 45.7 Å². The summed E-state index contributed by atoms with van der Waals surface area (Å²) in [6.45, 7) is 37.8. The molecule has 0 radical (unpaired) electrons. The lowest BCUT2D eigenvalue weighted by molar-refractivity contribution is 0.418. The normalized spacial score (nSPS) is 13.7. The fourth-order valence-corrected chi connectivity index (χ4v) is 5.61. The summed E-state index contributed by atoms with van der Waals surface area (Å²) in [6, 6.07) is 0. The Morgan fingerprint density at radius 2 is 1.10 bits per heavy atom. The maximum atomic E-state index is 8.04. The Morgan fingerprint density at radius 3 is 1.55 bits per heavy atom. The molecule has 49 heavy (non-hydrogen) atoms. The monoisotopic (exact) mass is 662 g/mol. The van der Waals surface area contributed by atoms with Crippen LogP contribution in [0.15, 0.2) is 20.5 Å². The molecule has 0 saturated heterocycles. The van der Waals surface area contributed by atoms with Gasteiger partial charge in [-0.15, -0.1) is 30.7 Å². The Hall–Kier alpha value is -6.04. The van der Waals surface area contributed by atoms with Crippen LogP contribution in [0, 0.1) is 27.0 Å². The van der Waals surface area contributed by atoms with E-state index in [4.69, 9.17) is 13.1 Å². The summed E-state index contributed by atoms with van der Waals surface area (Å²) < 4.78 is 3.15. The molecule has 0 bridgehead atoms. The van der Waals surface area contributed by atoms with Gasteiger partial charge in [0.05, 0.1) is 30.2 Å². The van der Waals surface area contributed by atoms with Crippen molar-refractivity contribution in [1.82, 2.24) is 60.0 Å². The molecule has 0 fully saturated rings. The molecule has 0 amide bonds. The van der Waals surface area contributed by atoms with Gasteiger partial charge in [-0.1, -0.05) is 62.3 Å². The second-order valence-electron chi connectivity index (χ2n) is 14.6. The van der Waals surface area contributed by atoms with Crippen molar-refractivity contribution in [3.8, 4) is 0 Å². The highest BCUT2D eigenvalue weighted by atomic mass is 15.5. The third-order valence-electron chi connectivity index (χ3n) is 8.60. The molecule has 0 aromatic carbocycles. The Morgan fingerprint density at radius 1 is 0.653 bits per heavy atom. The molecule has 18 nitrogen and oxygen atoms in total. The molecule has 18 heteroatoms. The lowest BCUT2D eigenvalue weighted by atomic mass is 9.74. The molecular weight excluding hydrogens is 624 g/mol. The number of aromatic nitrogens is 12.